The monoisotopic (exact) mass is 407 g/mol. The summed E-state index contributed by atoms with van der Waals surface area (Å²) in [5.74, 6) is -0.0675. The van der Waals surface area contributed by atoms with Crippen molar-refractivity contribution in [2.24, 2.45) is 0 Å². The van der Waals surface area contributed by atoms with Gasteiger partial charge in [-0.15, -0.1) is 11.3 Å². The Morgan fingerprint density at radius 2 is 2.00 bits per heavy atom. The summed E-state index contributed by atoms with van der Waals surface area (Å²) in [5, 5.41) is 8.98. The van der Waals surface area contributed by atoms with E-state index in [4.69, 9.17) is 4.74 Å². The second-order valence-electron chi connectivity index (χ2n) is 6.42. The first-order chi connectivity index (χ1) is 14.2. The van der Waals surface area contributed by atoms with E-state index in [0.29, 0.717) is 17.2 Å². The van der Waals surface area contributed by atoms with Gasteiger partial charge >= 0.3 is 0 Å². The highest BCUT2D eigenvalue weighted by Gasteiger charge is 2.11. The summed E-state index contributed by atoms with van der Waals surface area (Å²) in [5.41, 5.74) is 2.63. The average Bonchev–Trinajstić information content (AvgIpc) is 3.39. The van der Waals surface area contributed by atoms with E-state index in [0.717, 1.165) is 16.8 Å². The molecule has 2 heterocycles. The van der Waals surface area contributed by atoms with Gasteiger partial charge < -0.3 is 10.1 Å². The summed E-state index contributed by atoms with van der Waals surface area (Å²) < 4.78 is 20.6. The molecule has 0 bridgehead atoms. The molecule has 0 spiro atoms. The van der Waals surface area contributed by atoms with Gasteiger partial charge in [0.1, 0.15) is 18.2 Å². The third-order valence-electron chi connectivity index (χ3n) is 4.17. The van der Waals surface area contributed by atoms with Crippen LogP contribution in [0.15, 0.2) is 78.4 Å². The van der Waals surface area contributed by atoms with E-state index in [1.54, 1.807) is 24.4 Å². The molecule has 1 N–H and O–H groups in total. The molecule has 2 aromatic carbocycles. The summed E-state index contributed by atoms with van der Waals surface area (Å²) in [6.07, 6.45) is 3.63. The van der Waals surface area contributed by atoms with Gasteiger partial charge in [0.15, 0.2) is 0 Å². The molecule has 0 aliphatic carbocycles. The fourth-order valence-electron chi connectivity index (χ4n) is 2.81. The molecule has 0 atom stereocenters. The number of anilines is 1. The zero-order chi connectivity index (χ0) is 20.1. The van der Waals surface area contributed by atoms with Gasteiger partial charge in [-0.25, -0.2) is 4.39 Å². The van der Waals surface area contributed by atoms with Crippen LogP contribution in [0, 0.1) is 5.82 Å². The second kappa shape index (κ2) is 8.70. The van der Waals surface area contributed by atoms with E-state index in [-0.39, 0.29) is 18.3 Å². The first-order valence-electron chi connectivity index (χ1n) is 8.99. The number of benzene rings is 2. The summed E-state index contributed by atoms with van der Waals surface area (Å²) >= 11 is 1.34. The predicted octanol–water partition coefficient (Wildman–Crippen LogP) is 4.96. The fraction of sp³-hybridized carbons (Fsp3) is 0.0909. The molecule has 29 heavy (non-hydrogen) atoms. The van der Waals surface area contributed by atoms with E-state index < -0.39 is 0 Å². The molecule has 0 aliphatic rings. The number of carbonyl (C=O) groups is 1. The maximum Gasteiger partial charge on any atom is 0.265 e. The largest absolute Gasteiger partial charge is 0.489 e. The highest BCUT2D eigenvalue weighted by atomic mass is 32.1. The van der Waals surface area contributed by atoms with Crippen LogP contribution in [0.1, 0.15) is 20.8 Å². The third kappa shape index (κ3) is 5.08. The number of nitrogens with one attached hydrogen (secondary N) is 1. The molecule has 0 radical (unpaired) electrons. The van der Waals surface area contributed by atoms with Gasteiger partial charge in [0.25, 0.3) is 5.91 Å². The Morgan fingerprint density at radius 1 is 1.10 bits per heavy atom. The number of amides is 1. The zero-order valence-electron chi connectivity index (χ0n) is 15.4. The molecule has 1 amide bonds. The summed E-state index contributed by atoms with van der Waals surface area (Å²) in [7, 11) is 0. The Bertz CT molecular complexity index is 1110. The lowest BCUT2D eigenvalue weighted by Gasteiger charge is -2.07. The molecule has 4 aromatic rings. The van der Waals surface area contributed by atoms with Crippen LogP contribution >= 0.6 is 11.3 Å². The summed E-state index contributed by atoms with van der Waals surface area (Å²) in [6, 6.07) is 17.3. The SMILES string of the molecule is O=C(Nc1cccc(Cn2cccn2)c1)c1cc(COc2cccc(F)c2)cs1. The lowest BCUT2D eigenvalue weighted by atomic mass is 10.2. The predicted molar refractivity (Wildman–Crippen MR) is 111 cm³/mol. The lowest BCUT2D eigenvalue weighted by molar-refractivity contribution is 0.103. The highest BCUT2D eigenvalue weighted by Crippen LogP contribution is 2.20. The van der Waals surface area contributed by atoms with Crippen molar-refractivity contribution in [3.63, 3.8) is 0 Å². The topological polar surface area (TPSA) is 56.2 Å². The van der Waals surface area contributed by atoms with Crippen LogP contribution in [-0.2, 0) is 13.2 Å². The Labute approximate surface area is 171 Å². The molecule has 5 nitrogen and oxygen atoms in total. The number of hydrogen-bond donors (Lipinski definition) is 1. The number of carbonyl (C=O) groups excluding carboxylic acids is 1. The average molecular weight is 407 g/mol. The van der Waals surface area contributed by atoms with Crippen LogP contribution in [0.3, 0.4) is 0 Å². The van der Waals surface area contributed by atoms with Crippen molar-refractivity contribution in [1.29, 1.82) is 0 Å². The molecule has 0 fully saturated rings. The molecular weight excluding hydrogens is 389 g/mol. The minimum absolute atomic E-state index is 0.178. The summed E-state index contributed by atoms with van der Waals surface area (Å²) in [4.78, 5) is 13.1. The van der Waals surface area contributed by atoms with E-state index in [1.165, 1.54) is 23.5 Å². The van der Waals surface area contributed by atoms with Crippen molar-refractivity contribution in [3.8, 4) is 5.75 Å². The number of thiophene rings is 1. The van der Waals surface area contributed by atoms with E-state index >= 15 is 0 Å². The quantitative estimate of drug-likeness (QED) is 0.471. The Morgan fingerprint density at radius 3 is 2.83 bits per heavy atom. The van der Waals surface area contributed by atoms with Gasteiger partial charge in [-0.05, 0) is 47.3 Å². The van der Waals surface area contributed by atoms with Crippen LogP contribution in [0.25, 0.3) is 0 Å². The Balaban J connectivity index is 1.36. The molecule has 0 aliphatic heterocycles. The normalized spacial score (nSPS) is 10.7. The van der Waals surface area contributed by atoms with Crippen LogP contribution in [0.4, 0.5) is 10.1 Å². The van der Waals surface area contributed by atoms with Gasteiger partial charge in [-0.1, -0.05) is 18.2 Å². The molecular formula is C22H18FN3O2S. The smallest absolute Gasteiger partial charge is 0.265 e. The van der Waals surface area contributed by atoms with Gasteiger partial charge in [-0.2, -0.15) is 5.10 Å². The van der Waals surface area contributed by atoms with Gasteiger partial charge in [0.05, 0.1) is 11.4 Å². The van der Waals surface area contributed by atoms with E-state index in [9.17, 15) is 9.18 Å². The summed E-state index contributed by atoms with van der Waals surface area (Å²) in [6.45, 7) is 0.907. The van der Waals surface area contributed by atoms with Crippen LogP contribution in [0.2, 0.25) is 0 Å². The minimum atomic E-state index is -0.345. The molecule has 4 rings (SSSR count). The Kier molecular flexibility index (Phi) is 5.67. The number of ether oxygens (including phenoxy) is 1. The molecule has 0 unspecified atom stereocenters. The van der Waals surface area contributed by atoms with E-state index in [1.807, 2.05) is 46.6 Å². The van der Waals surface area contributed by atoms with Crippen LogP contribution in [-0.4, -0.2) is 15.7 Å². The maximum atomic E-state index is 13.2. The van der Waals surface area contributed by atoms with Crippen molar-refractivity contribution in [2.75, 3.05) is 5.32 Å². The highest BCUT2D eigenvalue weighted by molar-refractivity contribution is 7.12. The van der Waals surface area contributed by atoms with Gasteiger partial charge in [-0.3, -0.25) is 9.48 Å². The molecule has 146 valence electrons. The minimum Gasteiger partial charge on any atom is -0.489 e. The zero-order valence-corrected chi connectivity index (χ0v) is 16.2. The molecule has 2 aromatic heterocycles. The fourth-order valence-corrected chi connectivity index (χ4v) is 3.61. The van der Waals surface area contributed by atoms with Crippen molar-refractivity contribution in [3.05, 3.63) is 100 Å². The number of rotatable bonds is 7. The number of halogens is 1. The standard InChI is InChI=1S/C22H18FN3O2S/c23-18-5-2-7-20(12-18)28-14-17-11-21(29-15-17)22(27)25-19-6-1-4-16(10-19)13-26-9-3-8-24-26/h1-12,15H,13-14H2,(H,25,27). The molecule has 0 saturated carbocycles. The number of hydrogen-bond acceptors (Lipinski definition) is 4. The van der Waals surface area contributed by atoms with Gasteiger partial charge in [0, 0.05) is 29.7 Å². The van der Waals surface area contributed by atoms with Crippen LogP contribution in [0.5, 0.6) is 5.75 Å². The first-order valence-corrected chi connectivity index (χ1v) is 9.87. The number of aromatic nitrogens is 2. The van der Waals surface area contributed by atoms with Crippen molar-refractivity contribution >= 4 is 22.9 Å². The second-order valence-corrected chi connectivity index (χ2v) is 7.33. The van der Waals surface area contributed by atoms with Gasteiger partial charge in [0.2, 0.25) is 0 Å². The van der Waals surface area contributed by atoms with Crippen molar-refractivity contribution in [1.82, 2.24) is 9.78 Å². The van der Waals surface area contributed by atoms with Crippen molar-refractivity contribution < 1.29 is 13.9 Å². The molecule has 7 heteroatoms. The molecule has 0 saturated heterocycles. The first kappa shape index (κ1) is 18.9. The Hall–Kier alpha value is -3.45. The maximum absolute atomic E-state index is 13.2. The van der Waals surface area contributed by atoms with E-state index in [2.05, 4.69) is 10.4 Å². The van der Waals surface area contributed by atoms with Crippen molar-refractivity contribution in [2.45, 2.75) is 13.2 Å². The third-order valence-corrected chi connectivity index (χ3v) is 5.15. The number of nitrogens with zero attached hydrogens (tertiary/aromatic N) is 2. The lowest BCUT2D eigenvalue weighted by Crippen LogP contribution is -2.10. The van der Waals surface area contributed by atoms with Crippen LogP contribution < -0.4 is 10.1 Å².